The van der Waals surface area contributed by atoms with E-state index in [-0.39, 0.29) is 18.8 Å². The minimum absolute atomic E-state index is 0.0974. The summed E-state index contributed by atoms with van der Waals surface area (Å²) in [6, 6.07) is 0. The highest BCUT2D eigenvalue weighted by Gasteiger charge is 2.64. The predicted molar refractivity (Wildman–Crippen MR) is 48.0 cm³/mol. The lowest BCUT2D eigenvalue weighted by molar-refractivity contribution is -0.151. The Balaban J connectivity index is 2.25. The van der Waals surface area contributed by atoms with E-state index in [1.54, 1.807) is 0 Å². The van der Waals surface area contributed by atoms with Crippen molar-refractivity contribution in [2.75, 3.05) is 11.1 Å². The van der Waals surface area contributed by atoms with E-state index in [1.165, 1.54) is 0 Å². The molecule has 0 saturated heterocycles. The molecule has 16 heavy (non-hydrogen) atoms. The van der Waals surface area contributed by atoms with Gasteiger partial charge < -0.3 is 11.1 Å². The number of alkyl halides is 3. The maximum Gasteiger partial charge on any atom is 0.411 e. The van der Waals surface area contributed by atoms with Crippen LogP contribution in [-0.4, -0.2) is 21.7 Å². The number of aromatic nitrogens is 2. The minimum Gasteiger partial charge on any atom is -0.368 e. The molecule has 0 atom stereocenters. The van der Waals surface area contributed by atoms with Crippen molar-refractivity contribution in [2.45, 2.75) is 24.6 Å². The van der Waals surface area contributed by atoms with Gasteiger partial charge in [-0.05, 0) is 12.8 Å². The fourth-order valence-corrected chi connectivity index (χ4v) is 1.30. The van der Waals surface area contributed by atoms with Gasteiger partial charge in [-0.2, -0.15) is 18.2 Å². The molecule has 1 fully saturated rings. The topological polar surface area (TPSA) is 63.8 Å². The number of hydrogen-bond acceptors (Lipinski definition) is 4. The Morgan fingerprint density at radius 1 is 1.38 bits per heavy atom. The Hall–Kier alpha value is -1.60. The summed E-state index contributed by atoms with van der Waals surface area (Å²) in [6.07, 6.45) is -3.89. The van der Waals surface area contributed by atoms with Crippen LogP contribution in [0.5, 0.6) is 0 Å². The Bertz CT molecular complexity index is 413. The Kier molecular flexibility index (Phi) is 2.18. The zero-order valence-corrected chi connectivity index (χ0v) is 7.98. The summed E-state index contributed by atoms with van der Waals surface area (Å²) in [6.45, 7) is 0. The summed E-state index contributed by atoms with van der Waals surface area (Å²) >= 11 is 0. The van der Waals surface area contributed by atoms with E-state index in [0.29, 0.717) is 0 Å². The molecule has 2 rings (SSSR count). The average molecular weight is 236 g/mol. The van der Waals surface area contributed by atoms with E-state index in [0.717, 1.165) is 6.20 Å². The monoisotopic (exact) mass is 236 g/mol. The molecule has 0 unspecified atom stereocenters. The van der Waals surface area contributed by atoms with Crippen molar-refractivity contribution in [2.24, 2.45) is 0 Å². The highest BCUT2D eigenvalue weighted by molar-refractivity contribution is 5.44. The molecule has 8 heteroatoms. The summed E-state index contributed by atoms with van der Waals surface area (Å²) in [5, 5.41) is 2.05. The highest BCUT2D eigenvalue weighted by Crippen LogP contribution is 2.51. The number of anilines is 2. The smallest absolute Gasteiger partial charge is 0.368 e. The molecule has 4 nitrogen and oxygen atoms in total. The van der Waals surface area contributed by atoms with Crippen LogP contribution in [0, 0.1) is 5.82 Å². The van der Waals surface area contributed by atoms with Gasteiger partial charge in [0, 0.05) is 0 Å². The zero-order valence-electron chi connectivity index (χ0n) is 7.98. The minimum atomic E-state index is -4.43. The molecule has 1 aliphatic carbocycles. The fraction of sp³-hybridized carbons (Fsp3) is 0.500. The lowest BCUT2D eigenvalue weighted by Crippen LogP contribution is -2.39. The molecule has 0 bridgehead atoms. The molecule has 0 amide bonds. The van der Waals surface area contributed by atoms with Crippen molar-refractivity contribution in [1.82, 2.24) is 9.97 Å². The average Bonchev–Trinajstić information content (AvgIpc) is 2.91. The number of nitrogens with one attached hydrogen (secondary N) is 1. The maximum atomic E-state index is 13.1. The van der Waals surface area contributed by atoms with Gasteiger partial charge in [-0.1, -0.05) is 0 Å². The van der Waals surface area contributed by atoms with Crippen molar-refractivity contribution in [3.63, 3.8) is 0 Å². The number of hydrogen-bond donors (Lipinski definition) is 2. The molecular weight excluding hydrogens is 228 g/mol. The molecule has 0 aromatic carbocycles. The van der Waals surface area contributed by atoms with Crippen molar-refractivity contribution in [1.29, 1.82) is 0 Å². The molecule has 1 saturated carbocycles. The first-order valence-corrected chi connectivity index (χ1v) is 4.47. The van der Waals surface area contributed by atoms with Gasteiger partial charge in [0.15, 0.2) is 11.6 Å². The lowest BCUT2D eigenvalue weighted by atomic mass is 10.2. The van der Waals surface area contributed by atoms with Gasteiger partial charge >= 0.3 is 6.18 Å². The molecule has 1 aliphatic rings. The van der Waals surface area contributed by atoms with E-state index in [2.05, 4.69) is 9.97 Å². The first-order chi connectivity index (χ1) is 7.34. The van der Waals surface area contributed by atoms with Crippen molar-refractivity contribution >= 4 is 11.8 Å². The van der Waals surface area contributed by atoms with Gasteiger partial charge in [-0.25, -0.2) is 9.37 Å². The van der Waals surface area contributed by atoms with Gasteiger partial charge in [0.1, 0.15) is 5.54 Å². The molecule has 88 valence electrons. The molecule has 1 heterocycles. The normalized spacial score (nSPS) is 18.2. The standard InChI is InChI=1S/C8H8F4N4/c9-4-3-14-6(13)15-5(4)16-7(1-2-7)8(10,11)12/h3H,1-2H2,(H3,13,14,15,16). The highest BCUT2D eigenvalue weighted by atomic mass is 19.4. The summed E-state index contributed by atoms with van der Waals surface area (Å²) in [5.74, 6) is -1.74. The second kappa shape index (κ2) is 3.19. The molecule has 1 aromatic rings. The van der Waals surface area contributed by atoms with Crippen LogP contribution in [0.1, 0.15) is 12.8 Å². The van der Waals surface area contributed by atoms with E-state index < -0.39 is 23.4 Å². The van der Waals surface area contributed by atoms with Gasteiger partial charge in [0.25, 0.3) is 0 Å². The van der Waals surface area contributed by atoms with E-state index in [4.69, 9.17) is 5.73 Å². The molecule has 3 N–H and O–H groups in total. The second-order valence-electron chi connectivity index (χ2n) is 3.63. The largest absolute Gasteiger partial charge is 0.411 e. The predicted octanol–water partition coefficient (Wildman–Crippen LogP) is 1.70. The Morgan fingerprint density at radius 2 is 2.00 bits per heavy atom. The molecule has 1 aromatic heterocycles. The summed E-state index contributed by atoms with van der Waals surface area (Å²) in [4.78, 5) is 6.71. The van der Waals surface area contributed by atoms with Gasteiger partial charge in [-0.15, -0.1) is 0 Å². The van der Waals surface area contributed by atoms with Crippen LogP contribution in [-0.2, 0) is 0 Å². The third-order valence-electron chi connectivity index (χ3n) is 2.41. The zero-order chi connectivity index (χ0) is 12.0. The number of rotatable bonds is 2. The molecule has 0 aliphatic heterocycles. The third kappa shape index (κ3) is 1.74. The van der Waals surface area contributed by atoms with Crippen LogP contribution in [0.4, 0.5) is 29.3 Å². The number of nitrogen functional groups attached to an aromatic ring is 1. The SMILES string of the molecule is Nc1ncc(F)c(NC2(C(F)(F)F)CC2)n1. The number of nitrogens with zero attached hydrogens (tertiary/aromatic N) is 2. The van der Waals surface area contributed by atoms with E-state index in [1.807, 2.05) is 5.32 Å². The van der Waals surface area contributed by atoms with Crippen LogP contribution in [0.15, 0.2) is 6.20 Å². The van der Waals surface area contributed by atoms with Crippen LogP contribution in [0.3, 0.4) is 0 Å². The first-order valence-electron chi connectivity index (χ1n) is 4.47. The van der Waals surface area contributed by atoms with Crippen LogP contribution in [0.2, 0.25) is 0 Å². The molecule has 0 spiro atoms. The fourth-order valence-electron chi connectivity index (χ4n) is 1.30. The number of nitrogens with two attached hydrogens (primary N) is 1. The quantitative estimate of drug-likeness (QED) is 0.767. The molecule has 0 radical (unpaired) electrons. The summed E-state index contributed by atoms with van der Waals surface area (Å²) in [5.41, 5.74) is 3.10. The third-order valence-corrected chi connectivity index (χ3v) is 2.41. The van der Waals surface area contributed by atoms with Crippen LogP contribution in [0.25, 0.3) is 0 Å². The van der Waals surface area contributed by atoms with Crippen molar-refractivity contribution in [3.8, 4) is 0 Å². The maximum absolute atomic E-state index is 13.1. The van der Waals surface area contributed by atoms with E-state index in [9.17, 15) is 17.6 Å². The summed E-state index contributed by atoms with van der Waals surface area (Å²) < 4.78 is 50.8. The Labute approximate surface area is 87.9 Å². The second-order valence-corrected chi connectivity index (χ2v) is 3.63. The summed E-state index contributed by atoms with van der Waals surface area (Å²) in [7, 11) is 0. The first kappa shape index (κ1) is 10.9. The van der Waals surface area contributed by atoms with Crippen LogP contribution < -0.4 is 11.1 Å². The van der Waals surface area contributed by atoms with Crippen molar-refractivity contribution in [3.05, 3.63) is 12.0 Å². The lowest BCUT2D eigenvalue weighted by Gasteiger charge is -2.21. The van der Waals surface area contributed by atoms with Gasteiger partial charge in [0.05, 0.1) is 6.20 Å². The van der Waals surface area contributed by atoms with Crippen molar-refractivity contribution < 1.29 is 17.6 Å². The Morgan fingerprint density at radius 3 is 2.50 bits per heavy atom. The van der Waals surface area contributed by atoms with Gasteiger partial charge in [-0.3, -0.25) is 0 Å². The number of halogens is 4. The van der Waals surface area contributed by atoms with Crippen LogP contribution >= 0.6 is 0 Å². The van der Waals surface area contributed by atoms with E-state index >= 15 is 0 Å². The van der Waals surface area contributed by atoms with Gasteiger partial charge in [0.2, 0.25) is 5.95 Å². The molecular formula is C8H8F4N4.